The average molecular weight is 266 g/mol. The third kappa shape index (κ3) is 3.97. The van der Waals surface area contributed by atoms with Crippen LogP contribution in [0.1, 0.15) is 18.9 Å². The molecular weight excluding hydrogens is 248 g/mol. The summed E-state index contributed by atoms with van der Waals surface area (Å²) in [5, 5.41) is 3.05. The van der Waals surface area contributed by atoms with E-state index in [-0.39, 0.29) is 5.75 Å². The van der Waals surface area contributed by atoms with Crippen LogP contribution in [0.3, 0.4) is 0 Å². The molecule has 0 saturated carbocycles. The lowest BCUT2D eigenvalue weighted by atomic mass is 10.1. The van der Waals surface area contributed by atoms with Crippen molar-refractivity contribution in [2.45, 2.75) is 20.3 Å². The van der Waals surface area contributed by atoms with Crippen LogP contribution in [0.2, 0.25) is 0 Å². The normalized spacial score (nSPS) is 10.7. The topological polar surface area (TPSA) is 58.2 Å². The minimum absolute atomic E-state index is 0.119. The van der Waals surface area contributed by atoms with Crippen LogP contribution in [-0.4, -0.2) is 20.7 Å². The van der Waals surface area contributed by atoms with Gasteiger partial charge in [0.2, 0.25) is 10.0 Å². The Morgan fingerprint density at radius 2 is 2.00 bits per heavy atom. The summed E-state index contributed by atoms with van der Waals surface area (Å²) in [5.74, 6) is 2.60. The van der Waals surface area contributed by atoms with Crippen molar-refractivity contribution in [1.82, 2.24) is 0 Å². The minimum Gasteiger partial charge on any atom is -0.374 e. The predicted molar refractivity (Wildman–Crippen MR) is 76.2 cm³/mol. The van der Waals surface area contributed by atoms with Gasteiger partial charge in [-0.15, -0.1) is 6.42 Å². The number of anilines is 2. The molecule has 0 spiro atoms. The Morgan fingerprint density at radius 1 is 1.33 bits per heavy atom. The van der Waals surface area contributed by atoms with Gasteiger partial charge in [0.25, 0.3) is 0 Å². The first-order valence-electron chi connectivity index (χ1n) is 5.77. The molecule has 0 aliphatic heterocycles. The van der Waals surface area contributed by atoms with Gasteiger partial charge in [-0.1, -0.05) is 18.9 Å². The van der Waals surface area contributed by atoms with E-state index in [0.29, 0.717) is 18.7 Å². The Labute approximate surface area is 109 Å². The number of benzene rings is 1. The van der Waals surface area contributed by atoms with Crippen molar-refractivity contribution >= 4 is 21.4 Å². The molecule has 2 N–H and O–H groups in total. The van der Waals surface area contributed by atoms with Crippen molar-refractivity contribution in [2.24, 2.45) is 0 Å². The van der Waals surface area contributed by atoms with Crippen LogP contribution in [-0.2, 0) is 10.0 Å². The molecule has 0 aromatic heterocycles. The second-order valence-electron chi connectivity index (χ2n) is 3.96. The van der Waals surface area contributed by atoms with Crippen LogP contribution in [0.25, 0.3) is 0 Å². The zero-order valence-corrected chi connectivity index (χ0v) is 11.5. The smallest absolute Gasteiger partial charge is 0.232 e. The van der Waals surface area contributed by atoms with Crippen LogP contribution in [0.5, 0.6) is 0 Å². The van der Waals surface area contributed by atoms with Crippen molar-refractivity contribution in [3.8, 4) is 12.3 Å². The lowest BCUT2D eigenvalue weighted by Gasteiger charge is -2.13. The van der Waals surface area contributed by atoms with E-state index in [9.17, 15) is 8.42 Å². The SMILES string of the molecule is C#CCNc1cccc(NS(=O)(=O)CCC)c1C. The third-order valence-corrected chi connectivity index (χ3v) is 3.93. The largest absolute Gasteiger partial charge is 0.374 e. The molecule has 0 fully saturated rings. The van der Waals surface area contributed by atoms with Gasteiger partial charge >= 0.3 is 0 Å². The van der Waals surface area contributed by atoms with Crippen molar-refractivity contribution in [3.05, 3.63) is 23.8 Å². The molecule has 0 aliphatic rings. The first-order chi connectivity index (χ1) is 8.50. The summed E-state index contributed by atoms with van der Waals surface area (Å²) in [6.45, 7) is 4.09. The Hall–Kier alpha value is -1.67. The van der Waals surface area contributed by atoms with Crippen molar-refractivity contribution < 1.29 is 8.42 Å². The van der Waals surface area contributed by atoms with Gasteiger partial charge in [-0.25, -0.2) is 8.42 Å². The fourth-order valence-corrected chi connectivity index (χ4v) is 2.77. The maximum absolute atomic E-state index is 11.7. The molecule has 18 heavy (non-hydrogen) atoms. The predicted octanol–water partition coefficient (Wildman–Crippen LogP) is 2.19. The maximum atomic E-state index is 11.7. The Bertz CT molecular complexity index is 545. The molecule has 0 radical (unpaired) electrons. The molecule has 0 heterocycles. The molecule has 1 rings (SSSR count). The maximum Gasteiger partial charge on any atom is 0.232 e. The number of rotatable bonds is 6. The van der Waals surface area contributed by atoms with E-state index >= 15 is 0 Å². The van der Waals surface area contributed by atoms with E-state index in [1.54, 1.807) is 12.1 Å². The monoisotopic (exact) mass is 266 g/mol. The average Bonchev–Trinajstić information content (AvgIpc) is 2.30. The standard InChI is InChI=1S/C13H18N2O2S/c1-4-9-14-12-7-6-8-13(11(12)3)15-18(16,17)10-5-2/h1,6-8,14-15H,5,9-10H2,2-3H3. The van der Waals surface area contributed by atoms with Gasteiger partial charge in [0.15, 0.2) is 0 Å². The molecular formula is C13H18N2O2S. The van der Waals surface area contributed by atoms with Gasteiger partial charge in [0.1, 0.15) is 0 Å². The molecule has 0 amide bonds. The molecule has 0 unspecified atom stereocenters. The number of terminal acetylenes is 1. The quantitative estimate of drug-likeness (QED) is 0.776. The molecule has 98 valence electrons. The third-order valence-electron chi connectivity index (χ3n) is 2.45. The zero-order valence-electron chi connectivity index (χ0n) is 10.7. The first kappa shape index (κ1) is 14.4. The Balaban J connectivity index is 2.94. The number of nitrogens with one attached hydrogen (secondary N) is 2. The molecule has 5 heteroatoms. The highest BCUT2D eigenvalue weighted by Crippen LogP contribution is 2.24. The van der Waals surface area contributed by atoms with Crippen LogP contribution in [0.4, 0.5) is 11.4 Å². The summed E-state index contributed by atoms with van der Waals surface area (Å²) >= 11 is 0. The lowest BCUT2D eigenvalue weighted by molar-refractivity contribution is 0.600. The van der Waals surface area contributed by atoms with Gasteiger partial charge in [0, 0.05) is 5.69 Å². The fourth-order valence-electron chi connectivity index (χ4n) is 1.57. The zero-order chi connectivity index (χ0) is 13.6. The van der Waals surface area contributed by atoms with E-state index in [1.165, 1.54) is 0 Å². The first-order valence-corrected chi connectivity index (χ1v) is 7.43. The molecule has 0 aliphatic carbocycles. The van der Waals surface area contributed by atoms with E-state index in [2.05, 4.69) is 16.0 Å². The van der Waals surface area contributed by atoms with Crippen LogP contribution in [0.15, 0.2) is 18.2 Å². The van der Waals surface area contributed by atoms with E-state index in [0.717, 1.165) is 11.3 Å². The summed E-state index contributed by atoms with van der Waals surface area (Å²) in [6.07, 6.45) is 5.77. The van der Waals surface area contributed by atoms with Gasteiger partial charge in [0.05, 0.1) is 18.0 Å². The van der Waals surface area contributed by atoms with Crippen molar-refractivity contribution in [1.29, 1.82) is 0 Å². The summed E-state index contributed by atoms with van der Waals surface area (Å²) < 4.78 is 26.0. The summed E-state index contributed by atoms with van der Waals surface area (Å²) in [6, 6.07) is 5.39. The van der Waals surface area contributed by atoms with Crippen molar-refractivity contribution in [3.63, 3.8) is 0 Å². The highest BCUT2D eigenvalue weighted by atomic mass is 32.2. The molecule has 4 nitrogen and oxygen atoms in total. The minimum atomic E-state index is -3.26. The molecule has 1 aromatic carbocycles. The van der Waals surface area contributed by atoms with Gasteiger partial charge < -0.3 is 5.32 Å². The highest BCUT2D eigenvalue weighted by molar-refractivity contribution is 7.92. The van der Waals surface area contributed by atoms with Gasteiger partial charge in [-0.3, -0.25) is 4.72 Å². The van der Waals surface area contributed by atoms with Crippen LogP contribution in [0, 0.1) is 19.3 Å². The van der Waals surface area contributed by atoms with E-state index in [4.69, 9.17) is 6.42 Å². The molecule has 1 aromatic rings. The fraction of sp³-hybridized carbons (Fsp3) is 0.385. The molecule has 0 atom stereocenters. The van der Waals surface area contributed by atoms with Crippen LogP contribution < -0.4 is 10.0 Å². The van der Waals surface area contributed by atoms with Crippen LogP contribution >= 0.6 is 0 Å². The van der Waals surface area contributed by atoms with Crippen molar-refractivity contribution in [2.75, 3.05) is 22.3 Å². The van der Waals surface area contributed by atoms with Gasteiger partial charge in [-0.2, -0.15) is 0 Å². The second-order valence-corrected chi connectivity index (χ2v) is 5.80. The number of hydrogen-bond donors (Lipinski definition) is 2. The number of hydrogen-bond acceptors (Lipinski definition) is 3. The van der Waals surface area contributed by atoms with Gasteiger partial charge in [-0.05, 0) is 31.0 Å². The number of sulfonamides is 1. The van der Waals surface area contributed by atoms with E-state index in [1.807, 2.05) is 19.9 Å². The Kier molecular flexibility index (Phi) is 5.05. The van der Waals surface area contributed by atoms with E-state index < -0.39 is 10.0 Å². The molecule has 0 bridgehead atoms. The highest BCUT2D eigenvalue weighted by Gasteiger charge is 2.11. The summed E-state index contributed by atoms with van der Waals surface area (Å²) in [5.41, 5.74) is 2.27. The Morgan fingerprint density at radius 3 is 2.61 bits per heavy atom. The molecule has 0 saturated heterocycles. The summed E-state index contributed by atoms with van der Waals surface area (Å²) in [4.78, 5) is 0. The second kappa shape index (κ2) is 6.31. The summed E-state index contributed by atoms with van der Waals surface area (Å²) in [7, 11) is -3.26. The lowest BCUT2D eigenvalue weighted by Crippen LogP contribution is -2.17.